The average molecular weight is 432 g/mol. The van der Waals surface area contributed by atoms with Crippen LogP contribution in [0.5, 0.6) is 0 Å². The zero-order chi connectivity index (χ0) is 21.4. The minimum absolute atomic E-state index is 0.350. The van der Waals surface area contributed by atoms with E-state index in [4.69, 9.17) is 0 Å². The van der Waals surface area contributed by atoms with Crippen molar-refractivity contribution in [2.45, 2.75) is 30.6 Å². The highest BCUT2D eigenvalue weighted by Crippen LogP contribution is 2.29. The summed E-state index contributed by atoms with van der Waals surface area (Å²) in [7, 11) is 0. The third-order valence-corrected chi connectivity index (χ3v) is 5.77. The summed E-state index contributed by atoms with van der Waals surface area (Å²) in [6, 6.07) is 18.3. The molecule has 2 aromatic carbocycles. The van der Waals surface area contributed by atoms with Crippen molar-refractivity contribution in [2.75, 3.05) is 0 Å². The smallest absolute Gasteiger partial charge is 0.197 e. The number of aromatic nitrogens is 7. The van der Waals surface area contributed by atoms with Crippen molar-refractivity contribution in [3.63, 3.8) is 0 Å². The molecule has 0 saturated carbocycles. The van der Waals surface area contributed by atoms with Gasteiger partial charge >= 0.3 is 0 Å². The number of nitrogens with zero attached hydrogens (tertiary/aromatic N) is 7. The summed E-state index contributed by atoms with van der Waals surface area (Å²) in [4.78, 5) is 0. The van der Waals surface area contributed by atoms with Crippen molar-refractivity contribution < 1.29 is 4.39 Å². The fourth-order valence-electron chi connectivity index (χ4n) is 3.38. The molecule has 0 aliphatic carbocycles. The molecule has 0 aliphatic rings. The van der Waals surface area contributed by atoms with E-state index < -0.39 is 0 Å². The van der Waals surface area contributed by atoms with Gasteiger partial charge in [-0.2, -0.15) is 9.61 Å². The molecular weight excluding hydrogens is 413 g/mol. The Bertz CT molecular complexity index is 1390. The molecule has 7 nitrogen and oxygen atoms in total. The van der Waals surface area contributed by atoms with E-state index in [0.717, 1.165) is 22.1 Å². The molecule has 0 bridgehead atoms. The van der Waals surface area contributed by atoms with E-state index in [2.05, 4.69) is 56.0 Å². The molecule has 0 spiro atoms. The zero-order valence-electron chi connectivity index (χ0n) is 16.9. The average Bonchev–Trinajstić information content (AvgIpc) is 3.38. The van der Waals surface area contributed by atoms with Gasteiger partial charge in [-0.05, 0) is 55.9 Å². The van der Waals surface area contributed by atoms with Gasteiger partial charge < -0.3 is 4.57 Å². The van der Waals surface area contributed by atoms with E-state index in [1.54, 1.807) is 28.8 Å². The minimum Gasteiger partial charge on any atom is -0.302 e. The van der Waals surface area contributed by atoms with Gasteiger partial charge in [-0.3, -0.25) is 0 Å². The molecule has 9 heteroatoms. The molecule has 0 unspecified atom stereocenters. The molecule has 0 atom stereocenters. The molecule has 0 amide bonds. The number of hydrogen-bond acceptors (Lipinski definition) is 6. The predicted octanol–water partition coefficient (Wildman–Crippen LogP) is 4.67. The number of rotatable bonds is 5. The Balaban J connectivity index is 1.53. The third-order valence-electron chi connectivity index (χ3n) is 4.86. The van der Waals surface area contributed by atoms with Crippen LogP contribution in [0, 0.1) is 12.7 Å². The van der Waals surface area contributed by atoms with Gasteiger partial charge in [0.15, 0.2) is 22.5 Å². The predicted molar refractivity (Wildman–Crippen MR) is 116 cm³/mol. The Kier molecular flexibility index (Phi) is 4.95. The van der Waals surface area contributed by atoms with E-state index in [-0.39, 0.29) is 5.82 Å². The maximum absolute atomic E-state index is 14.3. The Labute approximate surface area is 182 Å². The van der Waals surface area contributed by atoms with Gasteiger partial charge in [-0.1, -0.05) is 35.9 Å². The number of hydrogen-bond donors (Lipinski definition) is 0. The highest BCUT2D eigenvalue weighted by molar-refractivity contribution is 7.99. The summed E-state index contributed by atoms with van der Waals surface area (Å²) < 4.78 is 17.9. The summed E-state index contributed by atoms with van der Waals surface area (Å²) >= 11 is 1.39. The van der Waals surface area contributed by atoms with Gasteiger partial charge in [-0.25, -0.2) is 4.39 Å². The Morgan fingerprint density at radius 1 is 0.903 bits per heavy atom. The molecule has 0 fully saturated rings. The SMILES string of the molecule is CCn1c(Sc2ccc3nnc(-c4ccccc4F)n3n2)nnc1-c1cccc(C)c1. The Morgan fingerprint density at radius 3 is 2.55 bits per heavy atom. The molecule has 0 N–H and O–H groups in total. The van der Waals surface area contributed by atoms with Crippen LogP contribution < -0.4 is 0 Å². The van der Waals surface area contributed by atoms with Crippen molar-refractivity contribution in [3.8, 4) is 22.8 Å². The standard InChI is InChI=1S/C22H18FN7S/c1-3-29-20(15-8-6-7-14(2)13-15)25-27-22(29)31-19-12-11-18-24-26-21(30(18)28-19)16-9-4-5-10-17(16)23/h4-13H,3H2,1-2H3. The van der Waals surface area contributed by atoms with Crippen molar-refractivity contribution in [3.05, 3.63) is 72.0 Å². The first-order valence-electron chi connectivity index (χ1n) is 9.79. The zero-order valence-corrected chi connectivity index (χ0v) is 17.7. The van der Waals surface area contributed by atoms with Gasteiger partial charge in [0.1, 0.15) is 10.8 Å². The van der Waals surface area contributed by atoms with Crippen LogP contribution in [0.2, 0.25) is 0 Å². The first kappa shape index (κ1) is 19.4. The molecular formula is C22H18FN7S. The minimum atomic E-state index is -0.370. The van der Waals surface area contributed by atoms with Crippen LogP contribution in [0.15, 0.2) is 70.8 Å². The van der Waals surface area contributed by atoms with Crippen molar-refractivity contribution in [2.24, 2.45) is 0 Å². The number of benzene rings is 2. The lowest BCUT2D eigenvalue weighted by atomic mass is 10.1. The van der Waals surface area contributed by atoms with Crippen LogP contribution in [0.4, 0.5) is 4.39 Å². The van der Waals surface area contributed by atoms with E-state index in [1.165, 1.54) is 17.8 Å². The largest absolute Gasteiger partial charge is 0.302 e. The second-order valence-corrected chi connectivity index (χ2v) is 7.95. The highest BCUT2D eigenvalue weighted by Gasteiger charge is 2.17. The second kappa shape index (κ2) is 7.92. The summed E-state index contributed by atoms with van der Waals surface area (Å²) in [5, 5.41) is 23.1. The molecule has 0 saturated heterocycles. The topological polar surface area (TPSA) is 73.8 Å². The number of aryl methyl sites for hydroxylation is 1. The lowest BCUT2D eigenvalue weighted by Gasteiger charge is -2.08. The quantitative estimate of drug-likeness (QED) is 0.403. The molecule has 0 radical (unpaired) electrons. The van der Waals surface area contributed by atoms with E-state index >= 15 is 0 Å². The van der Waals surface area contributed by atoms with Crippen molar-refractivity contribution in [1.29, 1.82) is 0 Å². The van der Waals surface area contributed by atoms with E-state index in [0.29, 0.717) is 28.6 Å². The van der Waals surface area contributed by atoms with Crippen LogP contribution in [-0.2, 0) is 6.54 Å². The summed E-state index contributed by atoms with van der Waals surface area (Å²) in [5.41, 5.74) is 3.08. The Morgan fingerprint density at radius 2 is 1.74 bits per heavy atom. The van der Waals surface area contributed by atoms with Crippen LogP contribution in [0.25, 0.3) is 28.4 Å². The van der Waals surface area contributed by atoms with E-state index in [1.807, 2.05) is 18.2 Å². The summed E-state index contributed by atoms with van der Waals surface area (Å²) in [6.07, 6.45) is 0. The lowest BCUT2D eigenvalue weighted by Crippen LogP contribution is -2.01. The van der Waals surface area contributed by atoms with Crippen LogP contribution >= 0.6 is 11.8 Å². The summed E-state index contributed by atoms with van der Waals surface area (Å²) in [5.74, 6) is 0.796. The molecule has 0 aliphatic heterocycles. The molecule has 5 rings (SSSR count). The Hall–Kier alpha value is -3.59. The molecule has 3 aromatic heterocycles. The number of halogens is 1. The van der Waals surface area contributed by atoms with Gasteiger partial charge in [0.05, 0.1) is 5.56 Å². The van der Waals surface area contributed by atoms with Gasteiger partial charge in [0.2, 0.25) is 0 Å². The lowest BCUT2D eigenvalue weighted by molar-refractivity contribution is 0.628. The van der Waals surface area contributed by atoms with Crippen LogP contribution in [-0.4, -0.2) is 34.6 Å². The third kappa shape index (κ3) is 3.57. The molecule has 154 valence electrons. The maximum atomic E-state index is 14.3. The molecule has 3 heterocycles. The van der Waals surface area contributed by atoms with Gasteiger partial charge in [0.25, 0.3) is 0 Å². The molecule has 31 heavy (non-hydrogen) atoms. The van der Waals surface area contributed by atoms with Gasteiger partial charge in [-0.15, -0.1) is 20.4 Å². The van der Waals surface area contributed by atoms with Crippen LogP contribution in [0.3, 0.4) is 0 Å². The van der Waals surface area contributed by atoms with E-state index in [9.17, 15) is 4.39 Å². The second-order valence-electron chi connectivity index (χ2n) is 6.97. The first-order chi connectivity index (χ1) is 15.1. The normalized spacial score (nSPS) is 11.3. The monoisotopic (exact) mass is 431 g/mol. The summed E-state index contributed by atoms with van der Waals surface area (Å²) in [6.45, 7) is 4.82. The van der Waals surface area contributed by atoms with Crippen LogP contribution in [0.1, 0.15) is 12.5 Å². The highest BCUT2D eigenvalue weighted by atomic mass is 32.2. The van der Waals surface area contributed by atoms with Gasteiger partial charge in [0, 0.05) is 12.1 Å². The van der Waals surface area contributed by atoms with Crippen molar-refractivity contribution in [1.82, 2.24) is 34.6 Å². The van der Waals surface area contributed by atoms with Crippen molar-refractivity contribution >= 4 is 17.4 Å². The number of fused-ring (bicyclic) bond motifs is 1. The fourth-order valence-corrected chi connectivity index (χ4v) is 4.23. The fraction of sp³-hybridized carbons (Fsp3) is 0.136. The molecule has 5 aromatic rings. The first-order valence-corrected chi connectivity index (χ1v) is 10.6. The maximum Gasteiger partial charge on any atom is 0.197 e.